The van der Waals surface area contributed by atoms with Crippen LogP contribution in [0.1, 0.15) is 49.9 Å². The third-order valence-corrected chi connectivity index (χ3v) is 11.6. The number of nitrogens with zero attached hydrogens (tertiary/aromatic N) is 5. The number of anilines is 6. The van der Waals surface area contributed by atoms with Crippen LogP contribution >= 0.6 is 0 Å². The second kappa shape index (κ2) is 12.4. The highest BCUT2D eigenvalue weighted by molar-refractivity contribution is 5.87. The summed E-state index contributed by atoms with van der Waals surface area (Å²) in [6, 6.07) is 62.7. The van der Waals surface area contributed by atoms with Crippen LogP contribution in [-0.2, 0) is 10.8 Å². The van der Waals surface area contributed by atoms with Gasteiger partial charge < -0.3 is 9.80 Å². The standard InChI is InChI=1S/C50H41N5/c1-49(2)39-18-8-12-22-43(39)53(44-23-13-9-19-40(44)49)36-28-26-34(27-29-36)47-51-48(35-16-6-5-7-17-35)55(52-47)38-32-30-37(31-33-38)54-45-24-14-10-20-41(45)50(3,4)42-21-11-15-25-46(42)54/h5-33H,1-4H3. The highest BCUT2D eigenvalue weighted by atomic mass is 15.4. The van der Waals surface area contributed by atoms with E-state index in [9.17, 15) is 0 Å². The maximum atomic E-state index is 5.18. The van der Waals surface area contributed by atoms with Crippen molar-refractivity contribution in [2.75, 3.05) is 9.80 Å². The van der Waals surface area contributed by atoms with Crippen molar-refractivity contribution in [1.82, 2.24) is 14.8 Å². The predicted octanol–water partition coefficient (Wildman–Crippen LogP) is 12.8. The summed E-state index contributed by atoms with van der Waals surface area (Å²) in [6.45, 7) is 9.27. The molecule has 0 amide bonds. The van der Waals surface area contributed by atoms with Crippen molar-refractivity contribution in [2.45, 2.75) is 38.5 Å². The third-order valence-electron chi connectivity index (χ3n) is 11.6. The molecule has 0 radical (unpaired) electrons. The van der Waals surface area contributed by atoms with Gasteiger partial charge in [-0.15, -0.1) is 5.10 Å². The zero-order chi connectivity index (χ0) is 37.3. The molecular weight excluding hydrogens is 671 g/mol. The molecule has 0 N–H and O–H groups in total. The Morgan fingerprint density at radius 3 is 1.16 bits per heavy atom. The normalized spacial score (nSPS) is 14.8. The van der Waals surface area contributed by atoms with E-state index in [1.165, 1.54) is 45.0 Å². The van der Waals surface area contributed by atoms with Gasteiger partial charge >= 0.3 is 0 Å². The number of aromatic nitrogens is 3. The van der Waals surface area contributed by atoms with Crippen molar-refractivity contribution in [3.63, 3.8) is 0 Å². The molecular formula is C50H41N5. The summed E-state index contributed by atoms with van der Waals surface area (Å²) < 4.78 is 1.97. The molecule has 0 saturated carbocycles. The summed E-state index contributed by atoms with van der Waals surface area (Å²) in [6.07, 6.45) is 0. The minimum Gasteiger partial charge on any atom is -0.310 e. The molecule has 2 aliphatic heterocycles. The molecule has 5 nitrogen and oxygen atoms in total. The molecule has 0 saturated heterocycles. The maximum absolute atomic E-state index is 5.18. The molecule has 2 aliphatic rings. The van der Waals surface area contributed by atoms with Crippen LogP contribution in [0, 0.1) is 0 Å². The van der Waals surface area contributed by atoms with Gasteiger partial charge in [-0.2, -0.15) is 0 Å². The van der Waals surface area contributed by atoms with Crippen molar-refractivity contribution in [1.29, 1.82) is 0 Å². The van der Waals surface area contributed by atoms with Gasteiger partial charge in [-0.25, -0.2) is 9.67 Å². The Morgan fingerprint density at radius 1 is 0.364 bits per heavy atom. The summed E-state index contributed by atoms with van der Waals surface area (Å²) in [4.78, 5) is 9.93. The summed E-state index contributed by atoms with van der Waals surface area (Å²) in [5.74, 6) is 1.47. The summed E-state index contributed by atoms with van der Waals surface area (Å²) in [7, 11) is 0. The topological polar surface area (TPSA) is 37.2 Å². The van der Waals surface area contributed by atoms with Crippen LogP contribution in [-0.4, -0.2) is 14.8 Å². The number of rotatable bonds is 5. The molecule has 0 fully saturated rings. The lowest BCUT2D eigenvalue weighted by molar-refractivity contribution is 0.632. The van der Waals surface area contributed by atoms with E-state index in [-0.39, 0.29) is 10.8 Å². The zero-order valence-corrected chi connectivity index (χ0v) is 31.5. The lowest BCUT2D eigenvalue weighted by Crippen LogP contribution is -2.30. The average Bonchev–Trinajstić information content (AvgIpc) is 3.68. The Morgan fingerprint density at radius 2 is 0.727 bits per heavy atom. The zero-order valence-electron chi connectivity index (χ0n) is 31.5. The van der Waals surface area contributed by atoms with E-state index in [0.29, 0.717) is 5.82 Å². The highest BCUT2D eigenvalue weighted by Gasteiger charge is 2.37. The fourth-order valence-electron chi connectivity index (χ4n) is 8.79. The molecule has 10 rings (SSSR count). The molecule has 0 atom stereocenters. The van der Waals surface area contributed by atoms with Crippen LogP contribution in [0.25, 0.3) is 28.5 Å². The van der Waals surface area contributed by atoms with Gasteiger partial charge in [0.05, 0.1) is 28.4 Å². The SMILES string of the molecule is CC1(C)c2ccccc2N(c2ccc(-c3nc(-c4ccccc4)n(-c4ccc(N5c6ccccc6C(C)(C)c6ccccc65)cc4)n3)cc2)c2ccccc21. The monoisotopic (exact) mass is 711 g/mol. The number of benzene rings is 7. The van der Waals surface area contributed by atoms with Gasteiger partial charge in [0.2, 0.25) is 0 Å². The Bertz CT molecular complexity index is 2610. The van der Waals surface area contributed by atoms with E-state index in [4.69, 9.17) is 10.1 Å². The molecule has 0 unspecified atom stereocenters. The molecule has 1 aromatic heterocycles. The minimum atomic E-state index is -0.108. The molecule has 3 heterocycles. The van der Waals surface area contributed by atoms with Crippen molar-refractivity contribution < 1.29 is 0 Å². The Balaban J connectivity index is 1.03. The van der Waals surface area contributed by atoms with E-state index in [1.54, 1.807) is 0 Å². The van der Waals surface area contributed by atoms with Crippen LogP contribution in [0.4, 0.5) is 34.1 Å². The van der Waals surface area contributed by atoms with Crippen LogP contribution in [0.5, 0.6) is 0 Å². The average molecular weight is 712 g/mol. The van der Waals surface area contributed by atoms with Gasteiger partial charge in [0.25, 0.3) is 0 Å². The first kappa shape index (κ1) is 32.9. The van der Waals surface area contributed by atoms with Gasteiger partial charge in [-0.3, -0.25) is 0 Å². The fraction of sp³-hybridized carbons (Fsp3) is 0.120. The van der Waals surface area contributed by atoms with Crippen molar-refractivity contribution in [3.8, 4) is 28.5 Å². The largest absolute Gasteiger partial charge is 0.310 e. The molecule has 0 aliphatic carbocycles. The summed E-state index contributed by atoms with van der Waals surface area (Å²) in [5, 5.41) is 5.17. The molecule has 0 bridgehead atoms. The first-order valence-electron chi connectivity index (χ1n) is 19.0. The van der Waals surface area contributed by atoms with Crippen LogP contribution in [0.2, 0.25) is 0 Å². The van der Waals surface area contributed by atoms with Gasteiger partial charge in [0, 0.05) is 33.3 Å². The second-order valence-electron chi connectivity index (χ2n) is 15.6. The minimum absolute atomic E-state index is 0.105. The van der Waals surface area contributed by atoms with Crippen LogP contribution in [0.3, 0.4) is 0 Å². The van der Waals surface area contributed by atoms with Crippen molar-refractivity contribution in [3.05, 3.63) is 198 Å². The highest BCUT2D eigenvalue weighted by Crippen LogP contribution is 2.53. The Kier molecular flexibility index (Phi) is 7.43. The maximum Gasteiger partial charge on any atom is 0.182 e. The van der Waals surface area contributed by atoms with Crippen molar-refractivity contribution in [2.24, 2.45) is 0 Å². The fourth-order valence-corrected chi connectivity index (χ4v) is 8.79. The first-order valence-corrected chi connectivity index (χ1v) is 19.0. The second-order valence-corrected chi connectivity index (χ2v) is 15.6. The number of fused-ring (bicyclic) bond motifs is 4. The quantitative estimate of drug-likeness (QED) is 0.178. The van der Waals surface area contributed by atoms with E-state index < -0.39 is 0 Å². The van der Waals surface area contributed by atoms with Gasteiger partial charge in [-0.05, 0) is 95.1 Å². The van der Waals surface area contributed by atoms with E-state index in [1.807, 2.05) is 22.9 Å². The Hall–Kier alpha value is -6.72. The first-order chi connectivity index (χ1) is 26.8. The van der Waals surface area contributed by atoms with Gasteiger partial charge in [0.1, 0.15) is 0 Å². The smallest absolute Gasteiger partial charge is 0.182 e. The van der Waals surface area contributed by atoms with Crippen molar-refractivity contribution >= 4 is 34.1 Å². The lowest BCUT2D eigenvalue weighted by atomic mass is 9.73. The molecule has 266 valence electrons. The summed E-state index contributed by atoms with van der Waals surface area (Å²) >= 11 is 0. The summed E-state index contributed by atoms with van der Waals surface area (Å²) in [5.41, 5.74) is 15.0. The van der Waals surface area contributed by atoms with Crippen LogP contribution in [0.15, 0.2) is 176 Å². The number of hydrogen-bond acceptors (Lipinski definition) is 4. The molecule has 7 aromatic carbocycles. The van der Waals surface area contributed by atoms with Crippen LogP contribution < -0.4 is 9.80 Å². The molecule has 0 spiro atoms. The van der Waals surface area contributed by atoms with E-state index >= 15 is 0 Å². The number of para-hydroxylation sites is 4. The van der Waals surface area contributed by atoms with Gasteiger partial charge in [-0.1, -0.05) is 131 Å². The molecule has 8 aromatic rings. The number of hydrogen-bond donors (Lipinski definition) is 0. The predicted molar refractivity (Wildman–Crippen MR) is 226 cm³/mol. The lowest BCUT2D eigenvalue weighted by Gasteiger charge is -2.42. The molecule has 5 heteroatoms. The van der Waals surface area contributed by atoms with Gasteiger partial charge in [0.15, 0.2) is 11.6 Å². The van der Waals surface area contributed by atoms with E-state index in [0.717, 1.165) is 34.0 Å². The third kappa shape index (κ3) is 5.14. The molecule has 55 heavy (non-hydrogen) atoms. The Labute approximate surface area is 322 Å². The van der Waals surface area contributed by atoms with E-state index in [2.05, 4.69) is 195 Å².